The van der Waals surface area contributed by atoms with Crippen LogP contribution in [0.15, 0.2) is 18.2 Å². The van der Waals surface area contributed by atoms with Gasteiger partial charge in [-0.05, 0) is 49.3 Å². The van der Waals surface area contributed by atoms with Crippen molar-refractivity contribution in [3.63, 3.8) is 0 Å². The molecule has 0 bridgehead atoms. The molecule has 1 saturated carbocycles. The van der Waals surface area contributed by atoms with Gasteiger partial charge in [0.05, 0.1) is 12.7 Å². The summed E-state index contributed by atoms with van der Waals surface area (Å²) in [6, 6.07) is 5.19. The molecular formula is C16H22FNO2. The Morgan fingerprint density at radius 2 is 2.05 bits per heavy atom. The van der Waals surface area contributed by atoms with E-state index in [1.807, 2.05) is 0 Å². The molecule has 0 unspecified atom stereocenters. The van der Waals surface area contributed by atoms with Crippen molar-refractivity contribution < 1.29 is 13.9 Å². The summed E-state index contributed by atoms with van der Waals surface area (Å²) < 4.78 is 18.3. The van der Waals surface area contributed by atoms with Crippen LogP contribution >= 0.6 is 0 Å². The van der Waals surface area contributed by atoms with E-state index in [0.717, 1.165) is 11.5 Å². The van der Waals surface area contributed by atoms with Crippen LogP contribution in [0.1, 0.15) is 48.5 Å². The number of carbonyl (C=O) groups excluding carboxylic acids is 1. The lowest BCUT2D eigenvalue weighted by Crippen LogP contribution is -2.32. The van der Waals surface area contributed by atoms with Gasteiger partial charge in [0.15, 0.2) is 0 Å². The van der Waals surface area contributed by atoms with Crippen molar-refractivity contribution in [1.29, 1.82) is 0 Å². The van der Waals surface area contributed by atoms with E-state index in [1.165, 1.54) is 44.9 Å². The summed E-state index contributed by atoms with van der Waals surface area (Å²) in [6.07, 6.45) is 4.88. The maximum absolute atomic E-state index is 13.8. The minimum atomic E-state index is -0.636. The van der Waals surface area contributed by atoms with E-state index in [1.54, 1.807) is 6.07 Å². The molecule has 0 radical (unpaired) electrons. The van der Waals surface area contributed by atoms with Gasteiger partial charge in [-0.1, -0.05) is 13.0 Å². The van der Waals surface area contributed by atoms with Crippen LogP contribution in [0.25, 0.3) is 0 Å². The lowest BCUT2D eigenvalue weighted by atomic mass is 9.87. The van der Waals surface area contributed by atoms with E-state index in [-0.39, 0.29) is 5.56 Å². The molecule has 0 saturated heterocycles. The summed E-state index contributed by atoms with van der Waals surface area (Å²) in [7, 11) is 1.25. The van der Waals surface area contributed by atoms with Crippen molar-refractivity contribution in [1.82, 2.24) is 5.32 Å². The molecule has 1 aromatic rings. The van der Waals surface area contributed by atoms with Gasteiger partial charge in [-0.15, -0.1) is 0 Å². The molecule has 3 nitrogen and oxygen atoms in total. The molecule has 0 aliphatic heterocycles. The Hall–Kier alpha value is -1.42. The predicted molar refractivity (Wildman–Crippen MR) is 76.0 cm³/mol. The van der Waals surface area contributed by atoms with Crippen LogP contribution < -0.4 is 5.32 Å². The van der Waals surface area contributed by atoms with E-state index in [9.17, 15) is 9.18 Å². The summed E-state index contributed by atoms with van der Waals surface area (Å²) in [6.45, 7) is 2.93. The fourth-order valence-electron chi connectivity index (χ4n) is 2.67. The van der Waals surface area contributed by atoms with E-state index in [2.05, 4.69) is 17.0 Å². The summed E-state index contributed by atoms with van der Waals surface area (Å²) >= 11 is 0. The van der Waals surface area contributed by atoms with Gasteiger partial charge in [-0.25, -0.2) is 9.18 Å². The molecule has 1 N–H and O–H groups in total. The molecule has 0 heterocycles. The van der Waals surface area contributed by atoms with Crippen LogP contribution in [0, 0.1) is 11.7 Å². The molecule has 20 heavy (non-hydrogen) atoms. The second-order valence-electron chi connectivity index (χ2n) is 5.64. The zero-order valence-corrected chi connectivity index (χ0v) is 12.1. The van der Waals surface area contributed by atoms with Crippen molar-refractivity contribution in [3.05, 3.63) is 35.1 Å². The largest absolute Gasteiger partial charge is 0.465 e. The van der Waals surface area contributed by atoms with Crippen LogP contribution in [-0.2, 0) is 11.3 Å². The Balaban J connectivity index is 1.90. The van der Waals surface area contributed by atoms with Crippen LogP contribution in [0.2, 0.25) is 0 Å². The topological polar surface area (TPSA) is 38.3 Å². The summed E-state index contributed by atoms with van der Waals surface area (Å²) in [5.41, 5.74) is 0.844. The Morgan fingerprint density at radius 1 is 1.35 bits per heavy atom. The third-order valence-corrected chi connectivity index (χ3v) is 4.05. The van der Waals surface area contributed by atoms with Gasteiger partial charge < -0.3 is 10.1 Å². The number of ether oxygens (including phenoxy) is 1. The number of esters is 1. The summed E-state index contributed by atoms with van der Waals surface area (Å²) in [5.74, 6) is -0.332. The predicted octanol–water partition coefficient (Wildman–Crippen LogP) is 3.28. The van der Waals surface area contributed by atoms with Gasteiger partial charge in [-0.2, -0.15) is 0 Å². The van der Waals surface area contributed by atoms with Gasteiger partial charge >= 0.3 is 5.97 Å². The van der Waals surface area contributed by atoms with Crippen molar-refractivity contribution in [3.8, 4) is 0 Å². The average Bonchev–Trinajstić information content (AvgIpc) is 2.46. The number of halogens is 1. The molecule has 110 valence electrons. The fourth-order valence-corrected chi connectivity index (χ4v) is 2.67. The first-order valence-electron chi connectivity index (χ1n) is 7.20. The molecule has 1 aromatic carbocycles. The monoisotopic (exact) mass is 279 g/mol. The van der Waals surface area contributed by atoms with Gasteiger partial charge in [0.1, 0.15) is 5.82 Å². The summed E-state index contributed by atoms with van der Waals surface area (Å²) in [4.78, 5) is 11.3. The lowest BCUT2D eigenvalue weighted by Gasteiger charge is -2.27. The van der Waals surface area contributed by atoms with E-state index in [0.29, 0.717) is 12.6 Å². The second kappa shape index (κ2) is 6.84. The van der Waals surface area contributed by atoms with Crippen LogP contribution in [0.3, 0.4) is 0 Å². The number of carbonyl (C=O) groups is 1. The zero-order chi connectivity index (χ0) is 14.5. The van der Waals surface area contributed by atoms with Crippen molar-refractivity contribution >= 4 is 5.97 Å². The third kappa shape index (κ3) is 3.79. The van der Waals surface area contributed by atoms with Gasteiger partial charge in [0.25, 0.3) is 0 Å². The van der Waals surface area contributed by atoms with E-state index >= 15 is 0 Å². The Kier molecular flexibility index (Phi) is 5.12. The van der Waals surface area contributed by atoms with E-state index in [4.69, 9.17) is 0 Å². The standard InChI is InChI=1S/C16H22FNO2/c1-11-3-6-13(7-4-11)18-10-12-5-8-14(15(17)9-12)16(19)20-2/h5,8-9,11,13,18H,3-4,6-7,10H2,1-2H3. The fraction of sp³-hybridized carbons (Fsp3) is 0.562. The molecule has 2 rings (SSSR count). The second-order valence-corrected chi connectivity index (χ2v) is 5.64. The molecule has 0 spiro atoms. The highest BCUT2D eigenvalue weighted by Gasteiger charge is 2.18. The highest BCUT2D eigenvalue weighted by Crippen LogP contribution is 2.23. The Labute approximate surface area is 119 Å². The zero-order valence-electron chi connectivity index (χ0n) is 12.1. The highest BCUT2D eigenvalue weighted by atomic mass is 19.1. The Bertz CT molecular complexity index is 468. The average molecular weight is 279 g/mol. The first kappa shape index (κ1) is 15.0. The minimum Gasteiger partial charge on any atom is -0.465 e. The highest BCUT2D eigenvalue weighted by molar-refractivity contribution is 5.89. The smallest absolute Gasteiger partial charge is 0.340 e. The van der Waals surface area contributed by atoms with Crippen molar-refractivity contribution in [2.24, 2.45) is 5.92 Å². The number of nitrogens with one attached hydrogen (secondary N) is 1. The molecule has 1 aliphatic carbocycles. The van der Waals surface area contributed by atoms with Crippen LogP contribution in [0.4, 0.5) is 4.39 Å². The summed E-state index contributed by atoms with van der Waals surface area (Å²) in [5, 5.41) is 3.47. The third-order valence-electron chi connectivity index (χ3n) is 4.05. The number of rotatable bonds is 4. The molecule has 4 heteroatoms. The number of methoxy groups -OCH3 is 1. The van der Waals surface area contributed by atoms with E-state index < -0.39 is 11.8 Å². The maximum Gasteiger partial charge on any atom is 0.340 e. The number of hydrogen-bond donors (Lipinski definition) is 1. The normalized spacial score (nSPS) is 22.6. The van der Waals surface area contributed by atoms with Gasteiger partial charge in [0.2, 0.25) is 0 Å². The molecule has 1 aliphatic rings. The number of benzene rings is 1. The lowest BCUT2D eigenvalue weighted by molar-refractivity contribution is 0.0595. The van der Waals surface area contributed by atoms with Crippen molar-refractivity contribution in [2.45, 2.75) is 45.2 Å². The molecule has 0 amide bonds. The van der Waals surface area contributed by atoms with Crippen molar-refractivity contribution in [2.75, 3.05) is 7.11 Å². The maximum atomic E-state index is 13.8. The van der Waals surface area contributed by atoms with Crippen LogP contribution in [0.5, 0.6) is 0 Å². The van der Waals surface area contributed by atoms with Gasteiger partial charge in [0, 0.05) is 12.6 Å². The van der Waals surface area contributed by atoms with Gasteiger partial charge in [-0.3, -0.25) is 0 Å². The molecule has 0 aromatic heterocycles. The molecule has 0 atom stereocenters. The minimum absolute atomic E-state index is 0.0114. The SMILES string of the molecule is COC(=O)c1ccc(CNC2CCC(C)CC2)cc1F. The quantitative estimate of drug-likeness (QED) is 0.860. The Morgan fingerprint density at radius 3 is 2.65 bits per heavy atom. The number of hydrogen-bond acceptors (Lipinski definition) is 3. The molecular weight excluding hydrogens is 257 g/mol. The van der Waals surface area contributed by atoms with Crippen LogP contribution in [-0.4, -0.2) is 19.1 Å². The first-order valence-corrected chi connectivity index (χ1v) is 7.20. The first-order chi connectivity index (χ1) is 9.60. The molecule has 1 fully saturated rings.